The zero-order valence-electron chi connectivity index (χ0n) is 6.77. The molecule has 1 aromatic rings. The third-order valence-electron chi connectivity index (χ3n) is 1.43. The van der Waals surface area contributed by atoms with Gasteiger partial charge in [-0.25, -0.2) is 0 Å². The number of aromatic nitrogens is 2. The number of rotatable bonds is 3. The van der Waals surface area contributed by atoms with E-state index in [2.05, 4.69) is 10.2 Å². The fraction of sp³-hybridized carbons (Fsp3) is 0.429. The van der Waals surface area contributed by atoms with Crippen LogP contribution in [0.5, 0.6) is 5.88 Å². The Morgan fingerprint density at radius 3 is 2.75 bits per heavy atom. The van der Waals surface area contributed by atoms with E-state index in [9.17, 15) is 5.11 Å². The Morgan fingerprint density at radius 2 is 2.33 bits per heavy atom. The van der Waals surface area contributed by atoms with Crippen LogP contribution in [-0.2, 0) is 0 Å². The third kappa shape index (κ3) is 1.90. The summed E-state index contributed by atoms with van der Waals surface area (Å²) in [4.78, 5) is 0. The summed E-state index contributed by atoms with van der Waals surface area (Å²) in [5, 5.41) is 16.6. The fourth-order valence-corrected chi connectivity index (χ4v) is 0.738. The SMILES string of the molecule is COc1ccc(C(O)CN)nn1. The van der Waals surface area contributed by atoms with E-state index >= 15 is 0 Å². The first-order valence-corrected chi connectivity index (χ1v) is 3.53. The summed E-state index contributed by atoms with van der Waals surface area (Å²) < 4.78 is 4.80. The molecule has 66 valence electrons. The topological polar surface area (TPSA) is 81.3 Å². The number of hydrogen-bond donors (Lipinski definition) is 2. The van der Waals surface area contributed by atoms with Crippen LogP contribution in [0.4, 0.5) is 0 Å². The maximum Gasteiger partial charge on any atom is 0.233 e. The average Bonchev–Trinajstić information content (AvgIpc) is 2.17. The highest BCUT2D eigenvalue weighted by molar-refractivity contribution is 5.12. The molecule has 0 aromatic carbocycles. The van der Waals surface area contributed by atoms with Gasteiger partial charge in [0.15, 0.2) is 0 Å². The Hall–Kier alpha value is -1.20. The molecule has 1 unspecified atom stereocenters. The molecule has 0 saturated carbocycles. The number of aliphatic hydroxyl groups is 1. The summed E-state index contributed by atoms with van der Waals surface area (Å²) in [7, 11) is 1.50. The van der Waals surface area contributed by atoms with Gasteiger partial charge in [-0.05, 0) is 6.07 Å². The molecule has 12 heavy (non-hydrogen) atoms. The average molecular weight is 169 g/mol. The molecule has 0 fully saturated rings. The van der Waals surface area contributed by atoms with Crippen LogP contribution >= 0.6 is 0 Å². The quantitative estimate of drug-likeness (QED) is 0.636. The van der Waals surface area contributed by atoms with Gasteiger partial charge in [-0.15, -0.1) is 10.2 Å². The summed E-state index contributed by atoms with van der Waals surface area (Å²) >= 11 is 0. The van der Waals surface area contributed by atoms with Gasteiger partial charge in [-0.3, -0.25) is 0 Å². The number of hydrogen-bond acceptors (Lipinski definition) is 5. The first kappa shape index (κ1) is 8.89. The van der Waals surface area contributed by atoms with Gasteiger partial charge >= 0.3 is 0 Å². The van der Waals surface area contributed by atoms with E-state index in [4.69, 9.17) is 10.5 Å². The number of nitrogens with zero attached hydrogens (tertiary/aromatic N) is 2. The number of methoxy groups -OCH3 is 1. The lowest BCUT2D eigenvalue weighted by Gasteiger charge is -2.05. The van der Waals surface area contributed by atoms with Crippen molar-refractivity contribution in [2.24, 2.45) is 5.73 Å². The molecule has 5 nitrogen and oxygen atoms in total. The first-order valence-electron chi connectivity index (χ1n) is 3.53. The number of ether oxygens (including phenoxy) is 1. The molecule has 0 aliphatic carbocycles. The lowest BCUT2D eigenvalue weighted by Crippen LogP contribution is -2.13. The predicted octanol–water partition coefficient (Wildman–Crippen LogP) is -0.523. The Labute approximate surface area is 70.2 Å². The molecular formula is C7H11N3O2. The molecule has 1 atom stereocenters. The molecule has 0 bridgehead atoms. The van der Waals surface area contributed by atoms with E-state index < -0.39 is 6.10 Å². The maximum atomic E-state index is 9.22. The monoisotopic (exact) mass is 169 g/mol. The maximum absolute atomic E-state index is 9.22. The van der Waals surface area contributed by atoms with Crippen molar-refractivity contribution in [3.05, 3.63) is 17.8 Å². The van der Waals surface area contributed by atoms with Crippen LogP contribution < -0.4 is 10.5 Å². The Bertz CT molecular complexity index is 237. The molecular weight excluding hydrogens is 158 g/mol. The van der Waals surface area contributed by atoms with Gasteiger partial charge in [0.1, 0.15) is 6.10 Å². The third-order valence-corrected chi connectivity index (χ3v) is 1.43. The standard InChI is InChI=1S/C7H11N3O2/c1-12-7-3-2-5(9-10-7)6(11)4-8/h2-3,6,11H,4,8H2,1H3. The molecule has 0 aliphatic rings. The minimum Gasteiger partial charge on any atom is -0.480 e. The van der Waals surface area contributed by atoms with Crippen molar-refractivity contribution in [2.45, 2.75) is 6.10 Å². The zero-order valence-corrected chi connectivity index (χ0v) is 6.77. The molecule has 1 heterocycles. The van der Waals surface area contributed by atoms with Crippen molar-refractivity contribution in [1.82, 2.24) is 10.2 Å². The highest BCUT2D eigenvalue weighted by Crippen LogP contribution is 2.09. The van der Waals surface area contributed by atoms with E-state index in [-0.39, 0.29) is 6.54 Å². The van der Waals surface area contributed by atoms with Crippen LogP contribution in [0.1, 0.15) is 11.8 Å². The molecule has 0 aliphatic heterocycles. The van der Waals surface area contributed by atoms with Crippen molar-refractivity contribution >= 4 is 0 Å². The van der Waals surface area contributed by atoms with Crippen molar-refractivity contribution in [1.29, 1.82) is 0 Å². The van der Waals surface area contributed by atoms with E-state index in [1.807, 2.05) is 0 Å². The highest BCUT2D eigenvalue weighted by Gasteiger charge is 2.06. The second kappa shape index (κ2) is 3.99. The Kier molecular flexibility index (Phi) is 2.95. The Balaban J connectivity index is 2.77. The minimum absolute atomic E-state index is 0.140. The first-order chi connectivity index (χ1) is 5.77. The lowest BCUT2D eigenvalue weighted by atomic mass is 10.2. The summed E-state index contributed by atoms with van der Waals surface area (Å²) in [6.45, 7) is 0.140. The van der Waals surface area contributed by atoms with Crippen LogP contribution in [0.3, 0.4) is 0 Å². The smallest absolute Gasteiger partial charge is 0.233 e. The van der Waals surface area contributed by atoms with Gasteiger partial charge in [0.05, 0.1) is 12.8 Å². The zero-order chi connectivity index (χ0) is 8.97. The molecule has 5 heteroatoms. The largest absolute Gasteiger partial charge is 0.480 e. The van der Waals surface area contributed by atoms with Crippen LogP contribution in [-0.4, -0.2) is 29.0 Å². The van der Waals surface area contributed by atoms with Crippen molar-refractivity contribution in [3.8, 4) is 5.88 Å². The molecule has 0 saturated heterocycles. The second-order valence-electron chi connectivity index (χ2n) is 2.25. The van der Waals surface area contributed by atoms with Gasteiger partial charge in [0.25, 0.3) is 0 Å². The molecule has 0 amide bonds. The highest BCUT2D eigenvalue weighted by atomic mass is 16.5. The van der Waals surface area contributed by atoms with Crippen LogP contribution in [0.25, 0.3) is 0 Å². The van der Waals surface area contributed by atoms with Gasteiger partial charge < -0.3 is 15.6 Å². The molecule has 1 aromatic heterocycles. The second-order valence-corrected chi connectivity index (χ2v) is 2.25. The minimum atomic E-state index is -0.747. The van der Waals surface area contributed by atoms with Gasteiger partial charge in [0, 0.05) is 12.6 Å². The van der Waals surface area contributed by atoms with E-state index in [1.54, 1.807) is 12.1 Å². The number of nitrogens with two attached hydrogens (primary N) is 1. The van der Waals surface area contributed by atoms with Crippen molar-refractivity contribution < 1.29 is 9.84 Å². The summed E-state index contributed by atoms with van der Waals surface area (Å²) in [6.07, 6.45) is -0.747. The normalized spacial score (nSPS) is 12.6. The van der Waals surface area contributed by atoms with Crippen LogP contribution in [0, 0.1) is 0 Å². The Morgan fingerprint density at radius 1 is 1.58 bits per heavy atom. The van der Waals surface area contributed by atoms with E-state index in [1.165, 1.54) is 7.11 Å². The van der Waals surface area contributed by atoms with Gasteiger partial charge in [-0.1, -0.05) is 0 Å². The predicted molar refractivity (Wildman–Crippen MR) is 42.6 cm³/mol. The van der Waals surface area contributed by atoms with E-state index in [0.717, 1.165) is 0 Å². The van der Waals surface area contributed by atoms with E-state index in [0.29, 0.717) is 11.6 Å². The lowest BCUT2D eigenvalue weighted by molar-refractivity contribution is 0.180. The number of aliphatic hydroxyl groups excluding tert-OH is 1. The van der Waals surface area contributed by atoms with Crippen molar-refractivity contribution in [2.75, 3.05) is 13.7 Å². The molecule has 0 radical (unpaired) electrons. The fourth-order valence-electron chi connectivity index (χ4n) is 0.738. The summed E-state index contributed by atoms with van der Waals surface area (Å²) in [5.41, 5.74) is 5.68. The summed E-state index contributed by atoms with van der Waals surface area (Å²) in [6, 6.07) is 3.25. The molecule has 1 rings (SSSR count). The summed E-state index contributed by atoms with van der Waals surface area (Å²) in [5.74, 6) is 0.419. The van der Waals surface area contributed by atoms with Gasteiger partial charge in [-0.2, -0.15) is 0 Å². The van der Waals surface area contributed by atoms with Crippen LogP contribution in [0.2, 0.25) is 0 Å². The molecule has 3 N–H and O–H groups in total. The van der Waals surface area contributed by atoms with Crippen LogP contribution in [0.15, 0.2) is 12.1 Å². The van der Waals surface area contributed by atoms with Gasteiger partial charge in [0.2, 0.25) is 5.88 Å². The van der Waals surface area contributed by atoms with Crippen molar-refractivity contribution in [3.63, 3.8) is 0 Å². The molecule has 0 spiro atoms.